The molecule has 2 N–H and O–H groups in total. The van der Waals surface area contributed by atoms with Crippen molar-refractivity contribution in [1.82, 2.24) is 5.32 Å². The highest BCUT2D eigenvalue weighted by atomic mass is 32.2. The van der Waals surface area contributed by atoms with Gasteiger partial charge in [0.25, 0.3) is 15.9 Å². The van der Waals surface area contributed by atoms with Gasteiger partial charge in [-0.2, -0.15) is 0 Å². The first-order valence-electron chi connectivity index (χ1n) is 11.1. The molecule has 178 valence electrons. The van der Waals surface area contributed by atoms with Crippen LogP contribution >= 0.6 is 0 Å². The smallest absolute Gasteiger partial charge is 0.261 e. The fraction of sp³-hybridized carbons (Fsp3) is 0.107. The normalized spacial score (nSPS) is 11.1. The molecule has 0 aromatic heterocycles. The van der Waals surface area contributed by atoms with Crippen LogP contribution in [0.3, 0.4) is 0 Å². The summed E-state index contributed by atoms with van der Waals surface area (Å²) in [5, 5.41) is 3.03. The van der Waals surface area contributed by atoms with Crippen molar-refractivity contribution in [2.45, 2.75) is 17.9 Å². The van der Waals surface area contributed by atoms with E-state index in [-0.39, 0.29) is 23.5 Å². The molecule has 0 aliphatic heterocycles. The van der Waals surface area contributed by atoms with Crippen molar-refractivity contribution in [2.24, 2.45) is 0 Å². The van der Waals surface area contributed by atoms with Crippen molar-refractivity contribution in [3.05, 3.63) is 126 Å². The van der Waals surface area contributed by atoms with Crippen molar-refractivity contribution < 1.29 is 17.9 Å². The first-order chi connectivity index (χ1) is 16.9. The second-order valence-corrected chi connectivity index (χ2v) is 9.69. The Labute approximate surface area is 205 Å². The zero-order valence-electron chi connectivity index (χ0n) is 19.2. The first-order valence-corrected chi connectivity index (χ1v) is 12.6. The van der Waals surface area contributed by atoms with Crippen LogP contribution < -0.4 is 14.8 Å². The van der Waals surface area contributed by atoms with Crippen molar-refractivity contribution in [1.29, 1.82) is 0 Å². The molecular weight excluding hydrogens is 460 g/mol. The van der Waals surface area contributed by atoms with Crippen molar-refractivity contribution in [3.8, 4) is 5.75 Å². The van der Waals surface area contributed by atoms with Crippen LogP contribution in [0, 0.1) is 6.92 Å². The van der Waals surface area contributed by atoms with Gasteiger partial charge in [0.2, 0.25) is 0 Å². The number of carbonyl (C=O) groups is 1. The predicted molar refractivity (Wildman–Crippen MR) is 137 cm³/mol. The Kier molecular flexibility index (Phi) is 7.48. The number of rotatable bonds is 9. The van der Waals surface area contributed by atoms with E-state index in [1.54, 1.807) is 37.3 Å². The number of hydrogen-bond acceptors (Lipinski definition) is 4. The average Bonchev–Trinajstić information content (AvgIpc) is 2.88. The summed E-state index contributed by atoms with van der Waals surface area (Å²) >= 11 is 0. The SMILES string of the molecule is Cc1cc(S(=O)(=O)Nc2ccccc2)ccc1OCC(=O)NC(c1ccccc1)c1ccccc1. The second kappa shape index (κ2) is 10.9. The number of aryl methyl sites for hydroxylation is 1. The summed E-state index contributed by atoms with van der Waals surface area (Å²) in [6, 6.07) is 32.3. The van der Waals surface area contributed by atoms with Crippen molar-refractivity contribution in [2.75, 3.05) is 11.3 Å². The highest BCUT2D eigenvalue weighted by Crippen LogP contribution is 2.24. The lowest BCUT2D eigenvalue weighted by molar-refractivity contribution is -0.123. The lowest BCUT2D eigenvalue weighted by Crippen LogP contribution is -2.33. The molecule has 0 spiro atoms. The molecule has 0 bridgehead atoms. The predicted octanol–water partition coefficient (Wildman–Crippen LogP) is 5.08. The van der Waals surface area contributed by atoms with E-state index in [0.29, 0.717) is 17.0 Å². The van der Waals surface area contributed by atoms with Gasteiger partial charge in [0.15, 0.2) is 6.61 Å². The van der Waals surface area contributed by atoms with Gasteiger partial charge < -0.3 is 10.1 Å². The number of hydrogen-bond donors (Lipinski definition) is 2. The second-order valence-electron chi connectivity index (χ2n) is 8.01. The van der Waals surface area contributed by atoms with Crippen LogP contribution in [0.5, 0.6) is 5.75 Å². The molecule has 4 aromatic rings. The molecule has 0 aliphatic carbocycles. The molecule has 35 heavy (non-hydrogen) atoms. The Hall–Kier alpha value is -4.10. The minimum atomic E-state index is -3.75. The molecule has 1 amide bonds. The highest BCUT2D eigenvalue weighted by Gasteiger charge is 2.18. The largest absolute Gasteiger partial charge is 0.484 e. The maximum atomic E-state index is 12.8. The van der Waals surface area contributed by atoms with E-state index in [0.717, 1.165) is 11.1 Å². The van der Waals surface area contributed by atoms with Crippen LogP contribution in [-0.4, -0.2) is 20.9 Å². The van der Waals surface area contributed by atoms with Crippen molar-refractivity contribution >= 4 is 21.6 Å². The fourth-order valence-corrected chi connectivity index (χ4v) is 4.81. The number of ether oxygens (including phenoxy) is 1. The number of benzene rings is 4. The lowest BCUT2D eigenvalue weighted by Gasteiger charge is -2.20. The monoisotopic (exact) mass is 486 g/mol. The summed E-state index contributed by atoms with van der Waals surface area (Å²) in [7, 11) is -3.75. The number of amides is 1. The van der Waals surface area contributed by atoms with Gasteiger partial charge in [-0.3, -0.25) is 9.52 Å². The maximum absolute atomic E-state index is 12.8. The highest BCUT2D eigenvalue weighted by molar-refractivity contribution is 7.92. The molecule has 4 aromatic carbocycles. The van der Waals surface area contributed by atoms with Gasteiger partial charge in [0.05, 0.1) is 10.9 Å². The van der Waals surface area contributed by atoms with E-state index in [1.165, 1.54) is 12.1 Å². The molecule has 7 heteroatoms. The van der Waals surface area contributed by atoms with Gasteiger partial charge in [-0.15, -0.1) is 0 Å². The Morgan fingerprint density at radius 1 is 0.800 bits per heavy atom. The Balaban J connectivity index is 1.43. The topological polar surface area (TPSA) is 84.5 Å². The summed E-state index contributed by atoms with van der Waals surface area (Å²) < 4.78 is 33.7. The maximum Gasteiger partial charge on any atom is 0.261 e. The third-order valence-electron chi connectivity index (χ3n) is 5.41. The Morgan fingerprint density at radius 3 is 1.89 bits per heavy atom. The van der Waals surface area contributed by atoms with Crippen LogP contribution in [0.4, 0.5) is 5.69 Å². The van der Waals surface area contributed by atoms with E-state index in [9.17, 15) is 13.2 Å². The van der Waals surface area contributed by atoms with Crippen LogP contribution in [0.2, 0.25) is 0 Å². The minimum absolute atomic E-state index is 0.115. The van der Waals surface area contributed by atoms with E-state index < -0.39 is 10.0 Å². The fourth-order valence-electron chi connectivity index (χ4n) is 3.67. The average molecular weight is 487 g/mol. The van der Waals surface area contributed by atoms with E-state index >= 15 is 0 Å². The molecule has 0 aliphatic rings. The van der Waals surface area contributed by atoms with Gasteiger partial charge in [-0.05, 0) is 53.9 Å². The van der Waals surface area contributed by atoms with Gasteiger partial charge in [0.1, 0.15) is 5.75 Å². The van der Waals surface area contributed by atoms with Crippen LogP contribution in [0.25, 0.3) is 0 Å². The minimum Gasteiger partial charge on any atom is -0.484 e. The van der Waals surface area contributed by atoms with Crippen LogP contribution in [0.1, 0.15) is 22.7 Å². The Bertz CT molecular complexity index is 1340. The molecule has 0 heterocycles. The quantitative estimate of drug-likeness (QED) is 0.346. The summed E-state index contributed by atoms with van der Waals surface area (Å²) in [6.45, 7) is 1.54. The summed E-state index contributed by atoms with van der Waals surface area (Å²) in [6.07, 6.45) is 0. The van der Waals surface area contributed by atoms with E-state index in [1.807, 2.05) is 66.7 Å². The zero-order valence-corrected chi connectivity index (χ0v) is 20.0. The lowest BCUT2D eigenvalue weighted by atomic mass is 9.99. The molecule has 0 atom stereocenters. The Morgan fingerprint density at radius 2 is 1.34 bits per heavy atom. The number of anilines is 1. The van der Waals surface area contributed by atoms with Gasteiger partial charge in [-0.25, -0.2) is 8.42 Å². The third-order valence-corrected chi connectivity index (χ3v) is 6.79. The number of carbonyl (C=O) groups excluding carboxylic acids is 1. The van der Waals surface area contributed by atoms with E-state index in [4.69, 9.17) is 4.74 Å². The molecule has 0 radical (unpaired) electrons. The first kappa shape index (κ1) is 24.0. The van der Waals surface area contributed by atoms with Crippen molar-refractivity contribution in [3.63, 3.8) is 0 Å². The standard InChI is InChI=1S/C28H26N2O4S/c1-21-19-25(35(32,33)30-24-15-9-4-10-16-24)17-18-26(21)34-20-27(31)29-28(22-11-5-2-6-12-22)23-13-7-3-8-14-23/h2-19,28,30H,20H2,1H3,(H,29,31). The van der Waals surface area contributed by atoms with Gasteiger partial charge in [-0.1, -0.05) is 78.9 Å². The van der Waals surface area contributed by atoms with Crippen LogP contribution in [-0.2, 0) is 14.8 Å². The number of nitrogens with one attached hydrogen (secondary N) is 2. The molecule has 4 rings (SSSR count). The van der Waals surface area contributed by atoms with Crippen LogP contribution in [0.15, 0.2) is 114 Å². The molecular formula is C28H26N2O4S. The third kappa shape index (κ3) is 6.28. The van der Waals surface area contributed by atoms with Gasteiger partial charge in [0, 0.05) is 5.69 Å². The summed E-state index contributed by atoms with van der Waals surface area (Å²) in [5.41, 5.74) is 3.01. The van der Waals surface area contributed by atoms with Gasteiger partial charge >= 0.3 is 0 Å². The molecule has 6 nitrogen and oxygen atoms in total. The number of sulfonamides is 1. The molecule has 0 unspecified atom stereocenters. The summed E-state index contributed by atoms with van der Waals surface area (Å²) in [4.78, 5) is 12.9. The summed E-state index contributed by atoms with van der Waals surface area (Å²) in [5.74, 6) is 0.152. The molecule has 0 fully saturated rings. The zero-order chi connectivity index (χ0) is 24.7. The molecule has 0 saturated heterocycles. The van der Waals surface area contributed by atoms with E-state index in [2.05, 4.69) is 10.0 Å². The number of para-hydroxylation sites is 1. The molecule has 0 saturated carbocycles.